The van der Waals surface area contributed by atoms with Gasteiger partial charge in [0.1, 0.15) is 0 Å². The average molecular weight is 293 g/mol. The van der Waals surface area contributed by atoms with Gasteiger partial charge in [0.2, 0.25) is 0 Å². The number of benzene rings is 2. The number of nitrogens with one attached hydrogen (secondary N) is 1. The van der Waals surface area contributed by atoms with Gasteiger partial charge < -0.3 is 9.72 Å². The molecule has 3 nitrogen and oxygen atoms in total. The molecule has 112 valence electrons. The highest BCUT2D eigenvalue weighted by Crippen LogP contribution is 2.34. The van der Waals surface area contributed by atoms with Crippen molar-refractivity contribution >= 4 is 16.9 Å². The quantitative estimate of drug-likeness (QED) is 0.733. The second kappa shape index (κ2) is 6.06. The van der Waals surface area contributed by atoms with Crippen molar-refractivity contribution in [3.8, 4) is 0 Å². The van der Waals surface area contributed by atoms with Crippen LogP contribution in [-0.2, 0) is 9.53 Å². The zero-order chi connectivity index (χ0) is 15.5. The summed E-state index contributed by atoms with van der Waals surface area (Å²) in [4.78, 5) is 15.2. The molecule has 0 unspecified atom stereocenters. The zero-order valence-electron chi connectivity index (χ0n) is 12.8. The molecule has 0 saturated carbocycles. The lowest BCUT2D eigenvalue weighted by atomic mass is 9.88. The average Bonchev–Trinajstić information content (AvgIpc) is 2.98. The van der Waals surface area contributed by atoms with E-state index in [0.29, 0.717) is 6.42 Å². The zero-order valence-corrected chi connectivity index (χ0v) is 12.8. The molecular formula is C19H19NO2. The second-order valence-electron chi connectivity index (χ2n) is 5.49. The number of para-hydroxylation sites is 1. The Bertz CT molecular complexity index is 790. The molecular weight excluding hydrogens is 274 g/mol. The van der Waals surface area contributed by atoms with Crippen LogP contribution in [-0.4, -0.2) is 18.1 Å². The third-order valence-corrected chi connectivity index (χ3v) is 4.13. The van der Waals surface area contributed by atoms with Crippen LogP contribution in [0.25, 0.3) is 10.9 Å². The summed E-state index contributed by atoms with van der Waals surface area (Å²) in [6.07, 6.45) is 2.35. The lowest BCUT2D eigenvalue weighted by Crippen LogP contribution is -2.09. The molecule has 1 heterocycles. The van der Waals surface area contributed by atoms with Crippen LogP contribution in [0.15, 0.2) is 54.7 Å². The van der Waals surface area contributed by atoms with E-state index in [1.807, 2.05) is 24.4 Å². The predicted octanol–water partition coefficient (Wildman–Crippen LogP) is 4.17. The number of rotatable bonds is 4. The van der Waals surface area contributed by atoms with Gasteiger partial charge in [0.05, 0.1) is 13.5 Å². The number of aromatic nitrogens is 1. The molecule has 1 aromatic heterocycles. The van der Waals surface area contributed by atoms with E-state index in [0.717, 1.165) is 22.0 Å². The van der Waals surface area contributed by atoms with E-state index in [2.05, 4.69) is 42.2 Å². The van der Waals surface area contributed by atoms with Crippen LogP contribution in [0.3, 0.4) is 0 Å². The number of esters is 1. The van der Waals surface area contributed by atoms with Crippen molar-refractivity contribution in [3.05, 3.63) is 71.4 Å². The maximum absolute atomic E-state index is 11.9. The molecule has 1 N–H and O–H groups in total. The summed E-state index contributed by atoms with van der Waals surface area (Å²) in [5.41, 5.74) is 4.59. The molecule has 1 atom stereocenters. The maximum Gasteiger partial charge on any atom is 0.306 e. The third kappa shape index (κ3) is 2.62. The largest absolute Gasteiger partial charge is 0.469 e. The Morgan fingerprint density at radius 2 is 1.91 bits per heavy atom. The number of carbonyl (C=O) groups excluding carboxylic acids is 1. The third-order valence-electron chi connectivity index (χ3n) is 4.13. The monoisotopic (exact) mass is 293 g/mol. The lowest BCUT2D eigenvalue weighted by molar-refractivity contribution is -0.140. The van der Waals surface area contributed by atoms with Gasteiger partial charge in [0, 0.05) is 23.0 Å². The molecule has 0 radical (unpaired) electrons. The van der Waals surface area contributed by atoms with Crippen LogP contribution < -0.4 is 0 Å². The number of carbonyl (C=O) groups is 1. The van der Waals surface area contributed by atoms with E-state index in [-0.39, 0.29) is 11.9 Å². The Balaban J connectivity index is 2.12. The summed E-state index contributed by atoms with van der Waals surface area (Å²) >= 11 is 0. The number of hydrogen-bond acceptors (Lipinski definition) is 2. The molecule has 0 aliphatic heterocycles. The molecule has 2 aromatic carbocycles. The molecule has 0 saturated heterocycles. The fourth-order valence-electron chi connectivity index (χ4n) is 2.96. The van der Waals surface area contributed by atoms with Crippen molar-refractivity contribution in [3.63, 3.8) is 0 Å². The number of H-pyrrole nitrogens is 1. The van der Waals surface area contributed by atoms with Crippen LogP contribution in [0.4, 0.5) is 0 Å². The van der Waals surface area contributed by atoms with Crippen LogP contribution in [0.1, 0.15) is 29.0 Å². The SMILES string of the molecule is COC(=O)C[C@H](c1ccccc1)c1c[nH]c2c(C)cccc12. The molecule has 0 spiro atoms. The number of aromatic amines is 1. The van der Waals surface area contributed by atoms with E-state index in [1.165, 1.54) is 12.7 Å². The van der Waals surface area contributed by atoms with E-state index in [9.17, 15) is 4.79 Å². The molecule has 0 aliphatic carbocycles. The van der Waals surface area contributed by atoms with Gasteiger partial charge in [-0.2, -0.15) is 0 Å². The summed E-state index contributed by atoms with van der Waals surface area (Å²) in [5, 5.41) is 1.16. The summed E-state index contributed by atoms with van der Waals surface area (Å²) in [6, 6.07) is 16.3. The number of aryl methyl sites for hydroxylation is 1. The Kier molecular flexibility index (Phi) is 3.96. The smallest absolute Gasteiger partial charge is 0.306 e. The van der Waals surface area contributed by atoms with Crippen LogP contribution >= 0.6 is 0 Å². The molecule has 0 fully saturated rings. The molecule has 0 amide bonds. The van der Waals surface area contributed by atoms with E-state index < -0.39 is 0 Å². The number of fused-ring (bicyclic) bond motifs is 1. The van der Waals surface area contributed by atoms with Gasteiger partial charge in [0.15, 0.2) is 0 Å². The number of hydrogen-bond donors (Lipinski definition) is 1. The van der Waals surface area contributed by atoms with Crippen molar-refractivity contribution in [2.24, 2.45) is 0 Å². The van der Waals surface area contributed by atoms with Gasteiger partial charge in [-0.3, -0.25) is 4.79 Å². The predicted molar refractivity (Wildman–Crippen MR) is 88.0 cm³/mol. The highest BCUT2D eigenvalue weighted by atomic mass is 16.5. The van der Waals surface area contributed by atoms with Crippen LogP contribution in [0.5, 0.6) is 0 Å². The minimum absolute atomic E-state index is 0.0100. The second-order valence-corrected chi connectivity index (χ2v) is 5.49. The first kappa shape index (κ1) is 14.4. The first-order chi connectivity index (χ1) is 10.7. The van der Waals surface area contributed by atoms with E-state index in [4.69, 9.17) is 4.74 Å². The molecule has 3 aromatic rings. The Labute approximate surface area is 129 Å². The summed E-state index contributed by atoms with van der Waals surface area (Å²) in [7, 11) is 1.43. The van der Waals surface area contributed by atoms with Crippen molar-refractivity contribution in [1.82, 2.24) is 4.98 Å². The van der Waals surface area contributed by atoms with Crippen LogP contribution in [0, 0.1) is 6.92 Å². The van der Waals surface area contributed by atoms with Gasteiger partial charge in [-0.1, -0.05) is 48.5 Å². The van der Waals surface area contributed by atoms with Crippen molar-refractivity contribution in [2.45, 2.75) is 19.3 Å². The van der Waals surface area contributed by atoms with Crippen LogP contribution in [0.2, 0.25) is 0 Å². The summed E-state index contributed by atoms with van der Waals surface area (Å²) in [5.74, 6) is -0.208. The Morgan fingerprint density at radius 3 is 2.64 bits per heavy atom. The lowest BCUT2D eigenvalue weighted by Gasteiger charge is -2.16. The Hall–Kier alpha value is -2.55. The van der Waals surface area contributed by atoms with E-state index in [1.54, 1.807) is 0 Å². The fraction of sp³-hybridized carbons (Fsp3) is 0.211. The minimum atomic E-state index is -0.198. The van der Waals surface area contributed by atoms with Gasteiger partial charge in [-0.05, 0) is 23.6 Å². The van der Waals surface area contributed by atoms with E-state index >= 15 is 0 Å². The molecule has 3 heteroatoms. The molecule has 0 aliphatic rings. The van der Waals surface area contributed by atoms with Crippen molar-refractivity contribution < 1.29 is 9.53 Å². The topological polar surface area (TPSA) is 42.1 Å². The minimum Gasteiger partial charge on any atom is -0.469 e. The normalized spacial score (nSPS) is 12.3. The van der Waals surface area contributed by atoms with Gasteiger partial charge in [0.25, 0.3) is 0 Å². The highest BCUT2D eigenvalue weighted by Gasteiger charge is 2.21. The number of ether oxygens (including phenoxy) is 1. The Morgan fingerprint density at radius 1 is 1.14 bits per heavy atom. The maximum atomic E-state index is 11.9. The van der Waals surface area contributed by atoms with Crippen molar-refractivity contribution in [2.75, 3.05) is 7.11 Å². The summed E-state index contributed by atoms with van der Waals surface area (Å²) < 4.78 is 4.89. The molecule has 22 heavy (non-hydrogen) atoms. The molecule has 0 bridgehead atoms. The first-order valence-corrected chi connectivity index (χ1v) is 7.39. The van der Waals surface area contributed by atoms with Gasteiger partial charge in [-0.15, -0.1) is 0 Å². The van der Waals surface area contributed by atoms with Crippen molar-refractivity contribution in [1.29, 1.82) is 0 Å². The van der Waals surface area contributed by atoms with Gasteiger partial charge in [-0.25, -0.2) is 0 Å². The summed E-state index contributed by atoms with van der Waals surface area (Å²) in [6.45, 7) is 2.08. The first-order valence-electron chi connectivity index (χ1n) is 7.39. The number of methoxy groups -OCH3 is 1. The van der Waals surface area contributed by atoms with Gasteiger partial charge >= 0.3 is 5.97 Å². The fourth-order valence-corrected chi connectivity index (χ4v) is 2.96. The standard InChI is InChI=1S/C19H19NO2/c1-13-7-6-10-15-17(12-20-19(13)15)16(11-18(21)22-2)14-8-4-3-5-9-14/h3-10,12,16,20H,11H2,1-2H3/t16-/m1/s1. The highest BCUT2D eigenvalue weighted by molar-refractivity contribution is 5.87. The molecule has 3 rings (SSSR count).